The highest BCUT2D eigenvalue weighted by molar-refractivity contribution is 6.32. The second kappa shape index (κ2) is 12.7. The number of amides is 1. The summed E-state index contributed by atoms with van der Waals surface area (Å²) in [6.45, 7) is 7.82. The quantitative estimate of drug-likeness (QED) is 0.164. The van der Waals surface area contributed by atoms with Crippen molar-refractivity contribution in [2.45, 2.75) is 46.6 Å². The molecule has 0 saturated carbocycles. The molecule has 0 aliphatic heterocycles. The molecule has 2 rings (SSSR count). The van der Waals surface area contributed by atoms with Gasteiger partial charge in [0.05, 0.1) is 7.11 Å². The maximum absolute atomic E-state index is 12.6. The van der Waals surface area contributed by atoms with Gasteiger partial charge in [-0.15, -0.1) is 0 Å². The maximum Gasteiger partial charge on any atom is 0.352 e. The number of nitrogens with zero attached hydrogens (tertiary/aromatic N) is 1. The molecule has 1 N–H and O–H groups in total. The lowest BCUT2D eigenvalue weighted by atomic mass is 10.1. The fraction of sp³-hybridized carbons (Fsp3) is 0.346. The zero-order valence-electron chi connectivity index (χ0n) is 20.0. The van der Waals surface area contributed by atoms with Gasteiger partial charge in [-0.3, -0.25) is 4.79 Å². The van der Waals surface area contributed by atoms with Crippen LogP contribution < -0.4 is 19.5 Å². The first kappa shape index (κ1) is 26.7. The predicted molar refractivity (Wildman–Crippen MR) is 131 cm³/mol. The fourth-order valence-electron chi connectivity index (χ4n) is 3.07. The first-order valence-corrected chi connectivity index (χ1v) is 11.3. The Morgan fingerprint density at radius 3 is 2.44 bits per heavy atom. The summed E-state index contributed by atoms with van der Waals surface area (Å²) >= 11 is 6.18. The number of esters is 1. The number of methoxy groups -OCH3 is 1. The molecule has 8 heteroatoms. The van der Waals surface area contributed by atoms with E-state index >= 15 is 0 Å². The van der Waals surface area contributed by atoms with Gasteiger partial charge in [-0.2, -0.15) is 5.26 Å². The Hall–Kier alpha value is -3.50. The number of hydrogen-bond acceptors (Lipinski definition) is 6. The van der Waals surface area contributed by atoms with E-state index in [1.165, 1.54) is 19.3 Å². The summed E-state index contributed by atoms with van der Waals surface area (Å²) in [5, 5.41) is 12.7. The van der Waals surface area contributed by atoms with E-state index in [1.54, 1.807) is 31.2 Å². The molecule has 2 aromatic carbocycles. The standard InChI is InChI=1S/C26H29ClN2O5/c1-6-7-10-29-25(30)20(15-28)13-19-8-9-22(23(14-19)32-5)34-26(31)18(4)33-21-11-16(2)24(27)17(3)12-21/h8-9,11-14,18H,6-7,10H2,1-5H3,(H,29,30)/b20-13+. The average molecular weight is 485 g/mol. The third-order valence-corrected chi connectivity index (χ3v) is 5.54. The molecule has 0 fully saturated rings. The molecule has 180 valence electrons. The summed E-state index contributed by atoms with van der Waals surface area (Å²) in [6, 6.07) is 10.2. The Morgan fingerprint density at radius 2 is 1.85 bits per heavy atom. The van der Waals surface area contributed by atoms with Crippen LogP contribution in [0.1, 0.15) is 43.4 Å². The van der Waals surface area contributed by atoms with Crippen molar-refractivity contribution >= 4 is 29.6 Å². The van der Waals surface area contributed by atoms with Crippen molar-refractivity contribution in [1.29, 1.82) is 5.26 Å². The van der Waals surface area contributed by atoms with Crippen molar-refractivity contribution in [2.75, 3.05) is 13.7 Å². The number of ether oxygens (including phenoxy) is 3. The minimum Gasteiger partial charge on any atom is -0.493 e. The number of hydrogen-bond donors (Lipinski definition) is 1. The Labute approximate surface area is 205 Å². The molecule has 1 amide bonds. The number of rotatable bonds is 10. The summed E-state index contributed by atoms with van der Waals surface area (Å²) in [5.41, 5.74) is 2.21. The largest absolute Gasteiger partial charge is 0.493 e. The number of nitrogens with one attached hydrogen (secondary N) is 1. The first-order chi connectivity index (χ1) is 16.2. The van der Waals surface area contributed by atoms with Crippen LogP contribution in [-0.4, -0.2) is 31.6 Å². The second-order valence-electron chi connectivity index (χ2n) is 7.74. The summed E-state index contributed by atoms with van der Waals surface area (Å²) < 4.78 is 16.5. The molecule has 2 aromatic rings. The molecule has 0 heterocycles. The molecule has 0 radical (unpaired) electrons. The molecular formula is C26H29ClN2O5. The minimum absolute atomic E-state index is 0.0292. The minimum atomic E-state index is -0.888. The Kier molecular flexibility index (Phi) is 9.96. The van der Waals surface area contributed by atoms with E-state index in [0.717, 1.165) is 24.0 Å². The number of carbonyl (C=O) groups is 2. The number of unbranched alkanes of at least 4 members (excludes halogenated alkanes) is 1. The van der Waals surface area contributed by atoms with E-state index in [4.69, 9.17) is 25.8 Å². The van der Waals surface area contributed by atoms with E-state index < -0.39 is 18.0 Å². The lowest BCUT2D eigenvalue weighted by Gasteiger charge is -2.16. The smallest absolute Gasteiger partial charge is 0.352 e. The molecule has 1 unspecified atom stereocenters. The van der Waals surface area contributed by atoms with Crippen LogP contribution in [0.2, 0.25) is 5.02 Å². The zero-order chi connectivity index (χ0) is 25.3. The van der Waals surface area contributed by atoms with Crippen LogP contribution in [0.3, 0.4) is 0 Å². The number of benzene rings is 2. The van der Waals surface area contributed by atoms with Crippen molar-refractivity contribution in [1.82, 2.24) is 5.32 Å². The highest BCUT2D eigenvalue weighted by Crippen LogP contribution is 2.30. The Bertz CT molecular complexity index is 1100. The average Bonchev–Trinajstić information content (AvgIpc) is 2.81. The predicted octanol–water partition coefficient (Wildman–Crippen LogP) is 5.16. The highest BCUT2D eigenvalue weighted by Gasteiger charge is 2.20. The monoisotopic (exact) mass is 484 g/mol. The van der Waals surface area contributed by atoms with E-state index in [1.807, 2.05) is 26.8 Å². The van der Waals surface area contributed by atoms with Gasteiger partial charge in [-0.1, -0.05) is 31.0 Å². The lowest BCUT2D eigenvalue weighted by molar-refractivity contribution is -0.141. The maximum atomic E-state index is 12.6. The van der Waals surface area contributed by atoms with Crippen LogP contribution in [0.25, 0.3) is 6.08 Å². The van der Waals surface area contributed by atoms with E-state index in [-0.39, 0.29) is 17.1 Å². The third-order valence-electron chi connectivity index (χ3n) is 4.94. The fourth-order valence-corrected chi connectivity index (χ4v) is 3.17. The van der Waals surface area contributed by atoms with Crippen LogP contribution in [0.4, 0.5) is 0 Å². The second-order valence-corrected chi connectivity index (χ2v) is 8.12. The lowest BCUT2D eigenvalue weighted by Crippen LogP contribution is -2.28. The first-order valence-electron chi connectivity index (χ1n) is 10.9. The summed E-state index contributed by atoms with van der Waals surface area (Å²) in [7, 11) is 1.43. The Balaban J connectivity index is 2.13. The molecule has 0 aliphatic carbocycles. The number of halogens is 1. The molecule has 34 heavy (non-hydrogen) atoms. The van der Waals surface area contributed by atoms with Crippen LogP contribution in [-0.2, 0) is 9.59 Å². The van der Waals surface area contributed by atoms with E-state index in [9.17, 15) is 14.9 Å². The summed E-state index contributed by atoms with van der Waals surface area (Å²) in [4.78, 5) is 24.8. The zero-order valence-corrected chi connectivity index (χ0v) is 20.8. The number of carbonyl (C=O) groups excluding carboxylic acids is 2. The molecule has 0 spiro atoms. The SMILES string of the molecule is CCCCNC(=O)/C(C#N)=C/c1ccc(OC(=O)C(C)Oc2cc(C)c(Cl)c(C)c2)c(OC)c1. The number of nitriles is 1. The molecular weight excluding hydrogens is 456 g/mol. The van der Waals surface area contributed by atoms with Crippen LogP contribution in [0.15, 0.2) is 35.9 Å². The van der Waals surface area contributed by atoms with Crippen molar-refractivity contribution in [3.05, 3.63) is 57.6 Å². The third kappa shape index (κ3) is 7.26. The van der Waals surface area contributed by atoms with Crippen LogP contribution in [0, 0.1) is 25.2 Å². The molecule has 0 aromatic heterocycles. The van der Waals surface area contributed by atoms with Gasteiger partial charge in [0.15, 0.2) is 17.6 Å². The van der Waals surface area contributed by atoms with Gasteiger partial charge in [-0.05, 0) is 74.2 Å². The van der Waals surface area contributed by atoms with Crippen molar-refractivity contribution in [2.24, 2.45) is 0 Å². The highest BCUT2D eigenvalue weighted by atomic mass is 35.5. The molecule has 0 saturated heterocycles. The van der Waals surface area contributed by atoms with Gasteiger partial charge in [0.2, 0.25) is 0 Å². The normalized spacial score (nSPS) is 11.9. The van der Waals surface area contributed by atoms with Crippen molar-refractivity contribution in [3.63, 3.8) is 0 Å². The van der Waals surface area contributed by atoms with Gasteiger partial charge in [-0.25, -0.2) is 4.79 Å². The van der Waals surface area contributed by atoms with Crippen molar-refractivity contribution < 1.29 is 23.8 Å². The van der Waals surface area contributed by atoms with E-state index in [2.05, 4.69) is 5.32 Å². The van der Waals surface area contributed by atoms with E-state index in [0.29, 0.717) is 22.9 Å². The van der Waals surface area contributed by atoms with Crippen LogP contribution in [0.5, 0.6) is 17.2 Å². The summed E-state index contributed by atoms with van der Waals surface area (Å²) in [6.07, 6.45) is 2.33. The Morgan fingerprint density at radius 1 is 1.18 bits per heavy atom. The summed E-state index contributed by atoms with van der Waals surface area (Å²) in [5.74, 6) is -0.0767. The van der Waals surface area contributed by atoms with Crippen LogP contribution >= 0.6 is 11.6 Å². The molecule has 7 nitrogen and oxygen atoms in total. The van der Waals surface area contributed by atoms with Gasteiger partial charge < -0.3 is 19.5 Å². The van der Waals surface area contributed by atoms with Gasteiger partial charge in [0.25, 0.3) is 5.91 Å². The van der Waals surface area contributed by atoms with Gasteiger partial charge >= 0.3 is 5.97 Å². The van der Waals surface area contributed by atoms with Crippen molar-refractivity contribution in [3.8, 4) is 23.3 Å². The molecule has 0 bridgehead atoms. The molecule has 0 aliphatic rings. The molecule has 1 atom stereocenters. The topological polar surface area (TPSA) is 97.7 Å². The number of aryl methyl sites for hydroxylation is 2. The van der Waals surface area contributed by atoms with Gasteiger partial charge in [0, 0.05) is 11.6 Å². The van der Waals surface area contributed by atoms with Gasteiger partial charge in [0.1, 0.15) is 17.4 Å².